The first-order chi connectivity index (χ1) is 7.68. The molecule has 0 bridgehead atoms. The maximum Gasteiger partial charge on any atom is 0.139 e. The molecule has 0 atom stereocenters. The van der Waals surface area contributed by atoms with Crippen LogP contribution in [0, 0.1) is 6.92 Å². The summed E-state index contributed by atoms with van der Waals surface area (Å²) in [6.07, 6.45) is 0. The Morgan fingerprint density at radius 3 is 2.75 bits per heavy atom. The van der Waals surface area contributed by atoms with Crippen molar-refractivity contribution in [2.45, 2.75) is 6.92 Å². The van der Waals surface area contributed by atoms with Crippen LogP contribution in [0.4, 0.5) is 5.82 Å². The van der Waals surface area contributed by atoms with Crippen LogP contribution in [0.25, 0.3) is 0 Å². The van der Waals surface area contributed by atoms with E-state index in [0.29, 0.717) is 4.99 Å². The summed E-state index contributed by atoms with van der Waals surface area (Å²) in [6.45, 7) is 4.04. The summed E-state index contributed by atoms with van der Waals surface area (Å²) in [5.74, 6) is 3.24. The minimum Gasteiger partial charge on any atom is -0.389 e. The van der Waals surface area contributed by atoms with Gasteiger partial charge in [0.25, 0.3) is 0 Å². The van der Waals surface area contributed by atoms with Gasteiger partial charge in [-0.2, -0.15) is 11.8 Å². The molecule has 1 aliphatic rings. The van der Waals surface area contributed by atoms with Gasteiger partial charge in [-0.3, -0.25) is 0 Å². The van der Waals surface area contributed by atoms with Crippen LogP contribution in [0.2, 0.25) is 0 Å². The second-order valence-corrected chi connectivity index (χ2v) is 5.45. The lowest BCUT2D eigenvalue weighted by Crippen LogP contribution is -2.35. The van der Waals surface area contributed by atoms with Crippen LogP contribution in [0.15, 0.2) is 12.1 Å². The molecule has 1 fully saturated rings. The molecule has 2 rings (SSSR count). The third-order valence-electron chi connectivity index (χ3n) is 2.59. The maximum atomic E-state index is 5.73. The normalized spacial score (nSPS) is 16.2. The van der Waals surface area contributed by atoms with Gasteiger partial charge < -0.3 is 10.6 Å². The van der Waals surface area contributed by atoms with Gasteiger partial charge in [-0.1, -0.05) is 12.2 Å². The fourth-order valence-corrected chi connectivity index (χ4v) is 2.81. The lowest BCUT2D eigenvalue weighted by atomic mass is 10.2. The SMILES string of the molecule is Cc1ccc(C(N)=S)c(N2CCSCC2)n1. The fraction of sp³-hybridized carbons (Fsp3) is 0.455. The highest BCUT2D eigenvalue weighted by Gasteiger charge is 2.17. The molecule has 0 radical (unpaired) electrons. The highest BCUT2D eigenvalue weighted by atomic mass is 32.2. The second kappa shape index (κ2) is 5.01. The topological polar surface area (TPSA) is 42.1 Å². The Hall–Kier alpha value is -0.810. The number of aryl methyl sites for hydroxylation is 1. The molecule has 2 N–H and O–H groups in total. The lowest BCUT2D eigenvalue weighted by Gasteiger charge is -2.29. The molecule has 0 unspecified atom stereocenters. The summed E-state index contributed by atoms with van der Waals surface area (Å²) >= 11 is 7.05. The molecule has 0 aliphatic carbocycles. The molecule has 0 amide bonds. The quantitative estimate of drug-likeness (QED) is 0.811. The van der Waals surface area contributed by atoms with Crippen LogP contribution >= 0.6 is 24.0 Å². The van der Waals surface area contributed by atoms with E-state index in [-0.39, 0.29) is 0 Å². The van der Waals surface area contributed by atoms with Crippen molar-refractivity contribution >= 4 is 34.8 Å². The monoisotopic (exact) mass is 253 g/mol. The molecule has 0 aromatic carbocycles. The number of thiocarbonyl (C=S) groups is 1. The molecule has 1 aromatic heterocycles. The summed E-state index contributed by atoms with van der Waals surface area (Å²) in [4.78, 5) is 7.27. The molecular weight excluding hydrogens is 238 g/mol. The van der Waals surface area contributed by atoms with Gasteiger partial charge >= 0.3 is 0 Å². The number of rotatable bonds is 2. The summed E-state index contributed by atoms with van der Waals surface area (Å²) < 4.78 is 0. The van der Waals surface area contributed by atoms with Crippen molar-refractivity contribution in [3.05, 3.63) is 23.4 Å². The number of anilines is 1. The first-order valence-corrected chi connectivity index (χ1v) is 6.85. The Labute approximate surface area is 105 Å². The maximum absolute atomic E-state index is 5.73. The molecule has 86 valence electrons. The van der Waals surface area contributed by atoms with Crippen molar-refractivity contribution in [1.29, 1.82) is 0 Å². The number of thioether (sulfide) groups is 1. The molecule has 1 aromatic rings. The molecule has 3 nitrogen and oxygen atoms in total. The van der Waals surface area contributed by atoms with Gasteiger partial charge in [0, 0.05) is 30.3 Å². The summed E-state index contributed by atoms with van der Waals surface area (Å²) in [5, 5.41) is 0. The highest BCUT2D eigenvalue weighted by Crippen LogP contribution is 2.22. The number of pyridine rings is 1. The van der Waals surface area contributed by atoms with E-state index in [2.05, 4.69) is 9.88 Å². The standard InChI is InChI=1S/C11H15N3S2/c1-8-2-3-9(10(12)15)11(13-8)14-4-6-16-7-5-14/h2-3H,4-7H2,1H3,(H2,12,15). The van der Waals surface area contributed by atoms with Crippen molar-refractivity contribution in [2.24, 2.45) is 5.73 Å². The van der Waals surface area contributed by atoms with Crippen molar-refractivity contribution in [1.82, 2.24) is 4.98 Å². The van der Waals surface area contributed by atoms with E-state index >= 15 is 0 Å². The second-order valence-electron chi connectivity index (χ2n) is 3.79. The predicted octanol–water partition coefficient (Wildman–Crippen LogP) is 1.58. The lowest BCUT2D eigenvalue weighted by molar-refractivity contribution is 0.834. The average molecular weight is 253 g/mol. The Kier molecular flexibility index (Phi) is 3.66. The van der Waals surface area contributed by atoms with E-state index in [1.807, 2.05) is 30.8 Å². The molecule has 0 spiro atoms. The minimum atomic E-state index is 0.431. The van der Waals surface area contributed by atoms with E-state index < -0.39 is 0 Å². The van der Waals surface area contributed by atoms with Gasteiger partial charge in [-0.05, 0) is 19.1 Å². The Balaban J connectivity index is 2.36. The van der Waals surface area contributed by atoms with Gasteiger partial charge in [0.15, 0.2) is 0 Å². The third-order valence-corrected chi connectivity index (χ3v) is 3.75. The molecule has 2 heterocycles. The summed E-state index contributed by atoms with van der Waals surface area (Å²) in [7, 11) is 0. The van der Waals surface area contributed by atoms with Crippen LogP contribution in [-0.2, 0) is 0 Å². The van der Waals surface area contributed by atoms with Crippen molar-refractivity contribution in [2.75, 3.05) is 29.5 Å². The number of nitrogens with two attached hydrogens (primary N) is 1. The van der Waals surface area contributed by atoms with Crippen molar-refractivity contribution < 1.29 is 0 Å². The van der Waals surface area contributed by atoms with Gasteiger partial charge in [0.2, 0.25) is 0 Å². The Morgan fingerprint density at radius 2 is 2.12 bits per heavy atom. The number of hydrogen-bond acceptors (Lipinski definition) is 4. The molecule has 1 saturated heterocycles. The first kappa shape index (κ1) is 11.7. The van der Waals surface area contributed by atoms with Crippen LogP contribution in [-0.4, -0.2) is 34.6 Å². The fourth-order valence-electron chi connectivity index (χ4n) is 1.75. The number of nitrogens with zero attached hydrogens (tertiary/aromatic N) is 2. The zero-order chi connectivity index (χ0) is 11.5. The summed E-state index contributed by atoms with van der Waals surface area (Å²) in [5.41, 5.74) is 7.63. The molecule has 0 saturated carbocycles. The smallest absolute Gasteiger partial charge is 0.139 e. The average Bonchev–Trinajstić information content (AvgIpc) is 2.29. The van der Waals surface area contributed by atoms with Crippen molar-refractivity contribution in [3.8, 4) is 0 Å². The van der Waals surface area contributed by atoms with Crippen LogP contribution in [0.3, 0.4) is 0 Å². The minimum absolute atomic E-state index is 0.431. The molecule has 16 heavy (non-hydrogen) atoms. The van der Waals surface area contributed by atoms with E-state index in [0.717, 1.165) is 41.7 Å². The van der Waals surface area contributed by atoms with Crippen molar-refractivity contribution in [3.63, 3.8) is 0 Å². The Bertz CT molecular complexity index is 400. The largest absolute Gasteiger partial charge is 0.389 e. The first-order valence-electron chi connectivity index (χ1n) is 5.28. The van der Waals surface area contributed by atoms with Crippen LogP contribution in [0.5, 0.6) is 0 Å². The molecule has 5 heteroatoms. The molecular formula is C11H15N3S2. The summed E-state index contributed by atoms with van der Waals surface area (Å²) in [6, 6.07) is 3.93. The highest BCUT2D eigenvalue weighted by molar-refractivity contribution is 7.99. The zero-order valence-electron chi connectivity index (χ0n) is 9.27. The van der Waals surface area contributed by atoms with E-state index in [1.165, 1.54) is 0 Å². The van der Waals surface area contributed by atoms with Crippen LogP contribution < -0.4 is 10.6 Å². The molecule has 1 aliphatic heterocycles. The predicted molar refractivity (Wildman–Crippen MR) is 74.4 cm³/mol. The van der Waals surface area contributed by atoms with Gasteiger partial charge in [0.05, 0.1) is 5.56 Å². The number of aromatic nitrogens is 1. The van der Waals surface area contributed by atoms with Gasteiger partial charge in [-0.25, -0.2) is 4.98 Å². The zero-order valence-corrected chi connectivity index (χ0v) is 10.9. The van der Waals surface area contributed by atoms with Gasteiger partial charge in [-0.15, -0.1) is 0 Å². The van der Waals surface area contributed by atoms with E-state index in [9.17, 15) is 0 Å². The Morgan fingerprint density at radius 1 is 1.44 bits per heavy atom. The van der Waals surface area contributed by atoms with Gasteiger partial charge in [0.1, 0.15) is 10.8 Å². The van der Waals surface area contributed by atoms with E-state index in [1.54, 1.807) is 0 Å². The third kappa shape index (κ3) is 2.47. The van der Waals surface area contributed by atoms with Crippen LogP contribution in [0.1, 0.15) is 11.3 Å². The number of hydrogen-bond donors (Lipinski definition) is 1. The van der Waals surface area contributed by atoms with E-state index in [4.69, 9.17) is 18.0 Å².